The van der Waals surface area contributed by atoms with Crippen LogP contribution in [0.25, 0.3) is 0 Å². The molecule has 0 aromatic carbocycles. The summed E-state index contributed by atoms with van der Waals surface area (Å²) in [5.74, 6) is 0.698. The van der Waals surface area contributed by atoms with Crippen LogP contribution in [0.3, 0.4) is 0 Å². The van der Waals surface area contributed by atoms with Crippen LogP contribution in [0.15, 0.2) is 6.20 Å². The van der Waals surface area contributed by atoms with Gasteiger partial charge >= 0.3 is 0 Å². The van der Waals surface area contributed by atoms with Crippen molar-refractivity contribution in [3.63, 3.8) is 0 Å². The minimum absolute atomic E-state index is 0.458. The topological polar surface area (TPSA) is 34.2 Å². The van der Waals surface area contributed by atoms with Crippen LogP contribution in [0.2, 0.25) is 0 Å². The summed E-state index contributed by atoms with van der Waals surface area (Å²) < 4.78 is 5.40. The van der Waals surface area contributed by atoms with Crippen LogP contribution in [0.4, 0.5) is 0 Å². The van der Waals surface area contributed by atoms with Crippen LogP contribution in [0.1, 0.15) is 28.8 Å². The second-order valence-electron chi connectivity index (χ2n) is 4.00. The molecular formula is C11H18N2OS. The number of thiazole rings is 1. The molecule has 0 amide bonds. The van der Waals surface area contributed by atoms with Gasteiger partial charge in [0.2, 0.25) is 0 Å². The van der Waals surface area contributed by atoms with Gasteiger partial charge in [0.15, 0.2) is 0 Å². The molecule has 84 valence electrons. The third-order valence-electron chi connectivity index (χ3n) is 2.99. The van der Waals surface area contributed by atoms with E-state index >= 15 is 0 Å². The predicted molar refractivity (Wildman–Crippen MR) is 62.2 cm³/mol. The lowest BCUT2D eigenvalue weighted by atomic mass is 9.91. The number of rotatable bonds is 3. The molecule has 1 aliphatic heterocycles. The first-order valence-corrected chi connectivity index (χ1v) is 6.30. The van der Waals surface area contributed by atoms with Gasteiger partial charge in [0.1, 0.15) is 0 Å². The quantitative estimate of drug-likeness (QED) is 0.857. The third kappa shape index (κ3) is 2.56. The summed E-state index contributed by atoms with van der Waals surface area (Å²) in [6.07, 6.45) is 4.32. The summed E-state index contributed by atoms with van der Waals surface area (Å²) in [4.78, 5) is 5.69. The van der Waals surface area contributed by atoms with Crippen molar-refractivity contribution >= 4 is 11.3 Å². The van der Waals surface area contributed by atoms with Crippen LogP contribution < -0.4 is 5.32 Å². The second kappa shape index (κ2) is 5.05. The van der Waals surface area contributed by atoms with Crippen LogP contribution in [0, 0.1) is 12.8 Å². The predicted octanol–water partition coefficient (Wildman–Crippen LogP) is 2.14. The summed E-state index contributed by atoms with van der Waals surface area (Å²) in [6.45, 7) is 3.87. The van der Waals surface area contributed by atoms with Gasteiger partial charge in [0.05, 0.1) is 5.01 Å². The standard InChI is InChI=1S/C11H18N2OS/c1-8-13-7-10(15-8)11(12-2)9-3-5-14-6-4-9/h7,9,11-12H,3-6H2,1-2H3. The summed E-state index contributed by atoms with van der Waals surface area (Å²) in [6, 6.07) is 0.458. The molecule has 2 heterocycles. The van der Waals surface area contributed by atoms with E-state index in [0.29, 0.717) is 12.0 Å². The first-order valence-electron chi connectivity index (χ1n) is 5.48. The van der Waals surface area contributed by atoms with Gasteiger partial charge in [-0.15, -0.1) is 11.3 Å². The molecule has 1 saturated heterocycles. The molecule has 4 heteroatoms. The Hall–Kier alpha value is -0.450. The minimum Gasteiger partial charge on any atom is -0.381 e. The Kier molecular flexibility index (Phi) is 3.72. The number of nitrogens with zero attached hydrogens (tertiary/aromatic N) is 1. The zero-order chi connectivity index (χ0) is 10.7. The van der Waals surface area contributed by atoms with Crippen molar-refractivity contribution in [3.05, 3.63) is 16.1 Å². The van der Waals surface area contributed by atoms with Crippen LogP contribution in [-0.4, -0.2) is 25.2 Å². The molecule has 1 aliphatic rings. The molecule has 0 aliphatic carbocycles. The van der Waals surface area contributed by atoms with E-state index in [9.17, 15) is 0 Å². The number of hydrogen-bond donors (Lipinski definition) is 1. The Labute approximate surface area is 94.9 Å². The van der Waals surface area contributed by atoms with Crippen LogP contribution in [0.5, 0.6) is 0 Å². The smallest absolute Gasteiger partial charge is 0.0897 e. The Morgan fingerprint density at radius 1 is 1.53 bits per heavy atom. The molecule has 1 N–H and O–H groups in total. The Balaban J connectivity index is 2.08. The van der Waals surface area contributed by atoms with Gasteiger partial charge in [-0.05, 0) is 32.7 Å². The fourth-order valence-electron chi connectivity index (χ4n) is 2.18. The number of nitrogens with one attached hydrogen (secondary N) is 1. The van der Waals surface area contributed by atoms with Crippen molar-refractivity contribution in [3.8, 4) is 0 Å². The van der Waals surface area contributed by atoms with Gasteiger partial charge < -0.3 is 10.1 Å². The van der Waals surface area contributed by atoms with Crippen molar-refractivity contribution in [1.82, 2.24) is 10.3 Å². The lowest BCUT2D eigenvalue weighted by Crippen LogP contribution is -2.29. The van der Waals surface area contributed by atoms with E-state index in [0.717, 1.165) is 31.1 Å². The maximum absolute atomic E-state index is 5.40. The fraction of sp³-hybridized carbons (Fsp3) is 0.727. The Morgan fingerprint density at radius 2 is 2.27 bits per heavy atom. The summed E-state index contributed by atoms with van der Waals surface area (Å²) in [7, 11) is 2.04. The number of ether oxygens (including phenoxy) is 1. The molecule has 15 heavy (non-hydrogen) atoms. The highest BCUT2D eigenvalue weighted by Crippen LogP contribution is 2.32. The third-order valence-corrected chi connectivity index (χ3v) is 3.99. The average Bonchev–Trinajstić information content (AvgIpc) is 2.68. The summed E-state index contributed by atoms with van der Waals surface area (Å²) in [5.41, 5.74) is 0. The van der Waals surface area contributed by atoms with Crippen LogP contribution in [-0.2, 0) is 4.74 Å². The molecule has 0 bridgehead atoms. The summed E-state index contributed by atoms with van der Waals surface area (Å²) in [5, 5.41) is 4.57. The fourth-order valence-corrected chi connectivity index (χ4v) is 3.17. The van der Waals surface area contributed by atoms with E-state index < -0.39 is 0 Å². The van der Waals surface area contributed by atoms with Crippen LogP contribution >= 0.6 is 11.3 Å². The number of aromatic nitrogens is 1. The van der Waals surface area contributed by atoms with E-state index in [1.807, 2.05) is 13.2 Å². The lowest BCUT2D eigenvalue weighted by molar-refractivity contribution is 0.0550. The van der Waals surface area contributed by atoms with Crippen molar-refractivity contribution in [2.45, 2.75) is 25.8 Å². The molecule has 1 aromatic heterocycles. The van der Waals surface area contributed by atoms with Gasteiger partial charge in [-0.2, -0.15) is 0 Å². The molecule has 1 aromatic rings. The molecular weight excluding hydrogens is 208 g/mol. The number of aryl methyl sites for hydroxylation is 1. The first kappa shape index (κ1) is 11.0. The van der Waals surface area contributed by atoms with Crippen molar-refractivity contribution < 1.29 is 4.74 Å². The second-order valence-corrected chi connectivity index (χ2v) is 5.26. The normalized spacial score (nSPS) is 20.4. The van der Waals surface area contributed by atoms with Gasteiger partial charge in [0.25, 0.3) is 0 Å². The van der Waals surface area contributed by atoms with E-state index in [1.54, 1.807) is 11.3 Å². The molecule has 1 unspecified atom stereocenters. The highest BCUT2D eigenvalue weighted by atomic mass is 32.1. The zero-order valence-electron chi connectivity index (χ0n) is 9.32. The Morgan fingerprint density at radius 3 is 2.80 bits per heavy atom. The zero-order valence-corrected chi connectivity index (χ0v) is 10.1. The van der Waals surface area contributed by atoms with Gasteiger partial charge in [-0.3, -0.25) is 0 Å². The molecule has 2 rings (SSSR count). The molecule has 0 saturated carbocycles. The van der Waals surface area contributed by atoms with Crippen molar-refractivity contribution in [2.24, 2.45) is 5.92 Å². The maximum atomic E-state index is 5.40. The largest absolute Gasteiger partial charge is 0.381 e. The molecule has 1 fully saturated rings. The highest BCUT2D eigenvalue weighted by Gasteiger charge is 2.25. The molecule has 3 nitrogen and oxygen atoms in total. The van der Waals surface area contributed by atoms with Crippen molar-refractivity contribution in [2.75, 3.05) is 20.3 Å². The Bertz CT molecular complexity index is 307. The maximum Gasteiger partial charge on any atom is 0.0897 e. The van der Waals surface area contributed by atoms with Gasteiger partial charge in [-0.1, -0.05) is 0 Å². The molecule has 1 atom stereocenters. The van der Waals surface area contributed by atoms with E-state index in [-0.39, 0.29) is 0 Å². The van der Waals surface area contributed by atoms with Crippen molar-refractivity contribution in [1.29, 1.82) is 0 Å². The monoisotopic (exact) mass is 226 g/mol. The van der Waals surface area contributed by atoms with Gasteiger partial charge in [-0.25, -0.2) is 4.98 Å². The minimum atomic E-state index is 0.458. The van der Waals surface area contributed by atoms with E-state index in [2.05, 4.69) is 17.2 Å². The highest BCUT2D eigenvalue weighted by molar-refractivity contribution is 7.11. The molecule has 0 radical (unpaired) electrons. The van der Waals surface area contributed by atoms with E-state index in [1.165, 1.54) is 4.88 Å². The number of hydrogen-bond acceptors (Lipinski definition) is 4. The average molecular weight is 226 g/mol. The summed E-state index contributed by atoms with van der Waals surface area (Å²) >= 11 is 1.80. The SMILES string of the molecule is CNC(c1cnc(C)s1)C1CCOCC1. The lowest BCUT2D eigenvalue weighted by Gasteiger charge is -2.29. The van der Waals surface area contributed by atoms with Gasteiger partial charge in [0, 0.05) is 30.3 Å². The van der Waals surface area contributed by atoms with E-state index in [4.69, 9.17) is 4.74 Å². The first-order chi connectivity index (χ1) is 7.31. The molecule has 0 spiro atoms.